The fourth-order valence-electron chi connectivity index (χ4n) is 3.78. The van der Waals surface area contributed by atoms with Crippen molar-refractivity contribution in [3.8, 4) is 0 Å². The number of benzene rings is 1. The number of hydrogen-bond acceptors (Lipinski definition) is 8. The molecule has 0 radical (unpaired) electrons. The topological polar surface area (TPSA) is 107 Å². The van der Waals surface area contributed by atoms with E-state index in [1.54, 1.807) is 12.4 Å². The van der Waals surface area contributed by atoms with Gasteiger partial charge in [-0.05, 0) is 24.6 Å². The first-order chi connectivity index (χ1) is 15.1. The summed E-state index contributed by atoms with van der Waals surface area (Å²) in [5.41, 5.74) is 0.812. The summed E-state index contributed by atoms with van der Waals surface area (Å²) in [5, 5.41) is 13.5. The molecule has 162 valence electrons. The van der Waals surface area contributed by atoms with Gasteiger partial charge >= 0.3 is 5.97 Å². The second-order valence-corrected chi connectivity index (χ2v) is 7.64. The lowest BCUT2D eigenvalue weighted by molar-refractivity contribution is -0.138. The monoisotopic (exact) mass is 421 g/mol. The van der Waals surface area contributed by atoms with Gasteiger partial charge in [-0.25, -0.2) is 24.7 Å². The maximum Gasteiger partial charge on any atom is 0.326 e. The number of anilines is 2. The normalized spacial score (nSPS) is 15.7. The molecule has 0 spiro atoms. The number of para-hydroxylation sites is 1. The molecule has 1 aliphatic rings. The molecule has 1 aromatic carbocycles. The molecule has 3 heterocycles. The largest absolute Gasteiger partial charge is 0.480 e. The summed E-state index contributed by atoms with van der Waals surface area (Å²) in [7, 11) is 0. The van der Waals surface area contributed by atoms with Gasteiger partial charge in [-0.2, -0.15) is 0 Å². The molecule has 1 fully saturated rings. The highest BCUT2D eigenvalue weighted by Gasteiger charge is 2.22. The van der Waals surface area contributed by atoms with Gasteiger partial charge in [0.15, 0.2) is 0 Å². The summed E-state index contributed by atoms with van der Waals surface area (Å²) in [6.45, 7) is 5.95. The summed E-state index contributed by atoms with van der Waals surface area (Å²) in [4.78, 5) is 34.2. The fourth-order valence-corrected chi connectivity index (χ4v) is 3.78. The van der Waals surface area contributed by atoms with E-state index in [1.807, 2.05) is 37.3 Å². The second-order valence-electron chi connectivity index (χ2n) is 7.64. The van der Waals surface area contributed by atoms with Crippen LogP contribution in [-0.2, 0) is 11.3 Å². The lowest BCUT2D eigenvalue weighted by atomic mass is 10.1. The molecule has 3 aromatic rings. The summed E-state index contributed by atoms with van der Waals surface area (Å²) in [6, 6.07) is 8.85. The number of carboxylic acids is 1. The minimum absolute atomic E-state index is 0.534. The third-order valence-electron chi connectivity index (χ3n) is 5.41. The predicted molar refractivity (Wildman–Crippen MR) is 119 cm³/mol. The van der Waals surface area contributed by atoms with Crippen molar-refractivity contribution in [2.75, 3.05) is 36.4 Å². The Labute approximate surface area is 181 Å². The van der Waals surface area contributed by atoms with E-state index in [4.69, 9.17) is 9.97 Å². The van der Waals surface area contributed by atoms with E-state index in [-0.39, 0.29) is 0 Å². The number of fused-ring (bicyclic) bond motifs is 1. The van der Waals surface area contributed by atoms with Gasteiger partial charge in [0.2, 0.25) is 5.95 Å². The molecule has 1 saturated heterocycles. The van der Waals surface area contributed by atoms with Crippen molar-refractivity contribution >= 4 is 28.6 Å². The third kappa shape index (κ3) is 5.05. The Hall–Kier alpha value is -3.33. The van der Waals surface area contributed by atoms with Crippen molar-refractivity contribution < 1.29 is 9.90 Å². The molecule has 1 atom stereocenters. The number of aromatic nitrogens is 4. The van der Waals surface area contributed by atoms with Crippen molar-refractivity contribution in [3.63, 3.8) is 0 Å². The number of nitrogens with zero attached hydrogens (tertiary/aromatic N) is 6. The minimum atomic E-state index is -0.870. The van der Waals surface area contributed by atoms with E-state index in [0.717, 1.165) is 49.5 Å². The number of hydrogen-bond donors (Lipinski definition) is 2. The summed E-state index contributed by atoms with van der Waals surface area (Å²) < 4.78 is 0. The number of aliphatic carboxylic acids is 1. The first-order valence-corrected chi connectivity index (χ1v) is 10.6. The molecule has 0 amide bonds. The van der Waals surface area contributed by atoms with Gasteiger partial charge in [0.05, 0.1) is 12.1 Å². The van der Waals surface area contributed by atoms with Crippen LogP contribution in [0.4, 0.5) is 11.8 Å². The van der Waals surface area contributed by atoms with E-state index >= 15 is 0 Å². The van der Waals surface area contributed by atoms with Gasteiger partial charge in [0.1, 0.15) is 17.7 Å². The maximum atomic E-state index is 11.7. The molecule has 4 rings (SSSR count). The molecule has 2 N–H and O–H groups in total. The van der Waals surface area contributed by atoms with Crippen LogP contribution < -0.4 is 10.2 Å². The zero-order valence-corrected chi connectivity index (χ0v) is 17.6. The fraction of sp³-hybridized carbons (Fsp3) is 0.409. The predicted octanol–water partition coefficient (Wildman–Crippen LogP) is 2.41. The molecular formula is C22H27N7O2. The number of carbonyl (C=O) groups is 1. The highest BCUT2D eigenvalue weighted by atomic mass is 16.4. The van der Waals surface area contributed by atoms with E-state index in [1.165, 1.54) is 0 Å². The van der Waals surface area contributed by atoms with Gasteiger partial charge in [0, 0.05) is 44.0 Å². The average Bonchev–Trinajstić information content (AvgIpc) is 2.80. The minimum Gasteiger partial charge on any atom is -0.480 e. The van der Waals surface area contributed by atoms with Crippen LogP contribution in [-0.4, -0.2) is 68.1 Å². The van der Waals surface area contributed by atoms with Gasteiger partial charge in [-0.15, -0.1) is 0 Å². The Morgan fingerprint density at radius 1 is 1.10 bits per heavy atom. The Morgan fingerprint density at radius 3 is 2.55 bits per heavy atom. The van der Waals surface area contributed by atoms with Gasteiger partial charge in [-0.1, -0.05) is 25.5 Å². The lowest BCUT2D eigenvalue weighted by Gasteiger charge is -2.34. The molecular weight excluding hydrogens is 394 g/mol. The van der Waals surface area contributed by atoms with Crippen molar-refractivity contribution in [1.29, 1.82) is 0 Å². The van der Waals surface area contributed by atoms with Crippen LogP contribution in [0.5, 0.6) is 0 Å². The highest BCUT2D eigenvalue weighted by Crippen LogP contribution is 2.22. The van der Waals surface area contributed by atoms with Gasteiger partial charge < -0.3 is 15.3 Å². The Bertz CT molecular complexity index is 1020. The first-order valence-electron chi connectivity index (χ1n) is 10.6. The molecule has 0 aliphatic carbocycles. The average molecular weight is 422 g/mol. The van der Waals surface area contributed by atoms with Crippen LogP contribution in [0.2, 0.25) is 0 Å². The van der Waals surface area contributed by atoms with E-state index < -0.39 is 12.0 Å². The second kappa shape index (κ2) is 9.65. The van der Waals surface area contributed by atoms with Crippen LogP contribution >= 0.6 is 0 Å². The summed E-state index contributed by atoms with van der Waals surface area (Å²) in [6.07, 6.45) is 4.83. The molecule has 0 saturated carbocycles. The van der Waals surface area contributed by atoms with Gasteiger partial charge in [-0.3, -0.25) is 4.90 Å². The van der Waals surface area contributed by atoms with Crippen LogP contribution in [0.1, 0.15) is 25.6 Å². The Kier molecular flexibility index (Phi) is 6.51. The molecule has 31 heavy (non-hydrogen) atoms. The van der Waals surface area contributed by atoms with Crippen LogP contribution in [0.3, 0.4) is 0 Å². The number of carboxylic acid groups (broad SMARTS) is 1. The quantitative estimate of drug-likeness (QED) is 0.567. The third-order valence-corrected chi connectivity index (χ3v) is 5.41. The molecule has 1 aliphatic heterocycles. The van der Waals surface area contributed by atoms with Gasteiger partial charge in [0.25, 0.3) is 0 Å². The lowest BCUT2D eigenvalue weighted by Crippen LogP contribution is -2.46. The highest BCUT2D eigenvalue weighted by molar-refractivity contribution is 5.90. The number of nitrogens with one attached hydrogen (secondary N) is 1. The standard InChI is InChI=1S/C22H27N7O2/c1-2-6-18(21(30)31)26-20-16-7-3-4-8-17(16)25-19(27-20)15-28-11-13-29(14-12-28)22-23-9-5-10-24-22/h3-5,7-10,18H,2,6,11-15H2,1H3,(H,30,31)(H,25,26,27). The zero-order chi connectivity index (χ0) is 21.6. The summed E-state index contributed by atoms with van der Waals surface area (Å²) >= 11 is 0. The maximum absolute atomic E-state index is 11.7. The zero-order valence-electron chi connectivity index (χ0n) is 17.6. The molecule has 9 nitrogen and oxygen atoms in total. The van der Waals surface area contributed by atoms with E-state index in [2.05, 4.69) is 25.1 Å². The van der Waals surface area contributed by atoms with Crippen LogP contribution in [0, 0.1) is 0 Å². The van der Waals surface area contributed by atoms with Crippen molar-refractivity contribution in [3.05, 3.63) is 48.5 Å². The van der Waals surface area contributed by atoms with E-state index in [0.29, 0.717) is 24.6 Å². The summed E-state index contributed by atoms with van der Waals surface area (Å²) in [5.74, 6) is 1.15. The van der Waals surface area contributed by atoms with Crippen LogP contribution in [0.15, 0.2) is 42.7 Å². The van der Waals surface area contributed by atoms with Crippen molar-refractivity contribution in [2.24, 2.45) is 0 Å². The molecule has 2 aromatic heterocycles. The first kappa shape index (κ1) is 20.9. The van der Waals surface area contributed by atoms with Crippen LogP contribution in [0.25, 0.3) is 10.9 Å². The van der Waals surface area contributed by atoms with Crippen molar-refractivity contribution in [1.82, 2.24) is 24.8 Å². The molecule has 0 bridgehead atoms. The SMILES string of the molecule is CCCC(Nc1nc(CN2CCN(c3ncccn3)CC2)nc2ccccc12)C(=O)O. The Balaban J connectivity index is 1.50. The Morgan fingerprint density at radius 2 is 1.84 bits per heavy atom. The smallest absolute Gasteiger partial charge is 0.326 e. The number of piperazine rings is 1. The molecule has 1 unspecified atom stereocenters. The number of rotatable bonds is 8. The van der Waals surface area contributed by atoms with Crippen molar-refractivity contribution in [2.45, 2.75) is 32.4 Å². The van der Waals surface area contributed by atoms with E-state index in [9.17, 15) is 9.90 Å². The molecule has 9 heteroatoms.